The maximum Gasteiger partial charge on any atom is 0.333 e. The number of ether oxygens (including phenoxy) is 2. The van der Waals surface area contributed by atoms with Crippen LogP contribution >= 0.6 is 0 Å². The number of carbonyl (C=O) groups is 2. The summed E-state index contributed by atoms with van der Waals surface area (Å²) in [6.45, 7) is 20.7. The van der Waals surface area contributed by atoms with Gasteiger partial charge in [-0.05, 0) is 119 Å². The molecule has 0 aliphatic heterocycles. The van der Waals surface area contributed by atoms with Gasteiger partial charge < -0.3 is 30.3 Å². The van der Waals surface area contributed by atoms with E-state index in [0.717, 1.165) is 22.3 Å². The fraction of sp³-hybridized carbons (Fsp3) is 0.345. The van der Waals surface area contributed by atoms with E-state index in [-0.39, 0.29) is 58.3 Å². The number of phenolic OH excluding ortho intramolecular Hbond substituents is 2. The van der Waals surface area contributed by atoms with Gasteiger partial charge in [-0.3, -0.25) is 0 Å². The third-order valence-corrected chi connectivity index (χ3v) is 15.5. The van der Waals surface area contributed by atoms with Crippen LogP contribution in [0.25, 0.3) is 0 Å². The second kappa shape index (κ2) is 21.8. The molecule has 16 heteroatoms. The summed E-state index contributed by atoms with van der Waals surface area (Å²) >= 11 is 0. The van der Waals surface area contributed by atoms with Crippen LogP contribution in [0.5, 0.6) is 23.0 Å². The van der Waals surface area contributed by atoms with Crippen molar-refractivity contribution in [3.63, 3.8) is 0 Å². The highest BCUT2D eigenvalue weighted by atomic mass is 32.2. The highest BCUT2D eigenvalue weighted by molar-refractivity contribution is 7.90. The number of sulfonamides is 2. The van der Waals surface area contributed by atoms with Crippen molar-refractivity contribution < 1.29 is 46.1 Å². The smallest absolute Gasteiger partial charge is 0.333 e. The molecule has 0 heterocycles. The van der Waals surface area contributed by atoms with Crippen molar-refractivity contribution in [2.75, 3.05) is 23.8 Å². The first-order valence-electron chi connectivity index (χ1n) is 24.8. The molecule has 4 amide bonds. The van der Waals surface area contributed by atoms with Crippen LogP contribution in [0, 0.1) is 13.8 Å². The molecule has 6 N–H and O–H groups in total. The fourth-order valence-electron chi connectivity index (χ4n) is 8.81. The van der Waals surface area contributed by atoms with Crippen molar-refractivity contribution in [2.45, 2.75) is 128 Å². The largest absolute Gasteiger partial charge is 0.507 e. The lowest BCUT2D eigenvalue weighted by atomic mass is 9.81. The number of rotatable bonds is 12. The van der Waals surface area contributed by atoms with Crippen LogP contribution in [-0.4, -0.2) is 52.3 Å². The van der Waals surface area contributed by atoms with E-state index in [2.05, 4.69) is 61.6 Å². The lowest BCUT2D eigenvalue weighted by Gasteiger charge is -2.26. The van der Waals surface area contributed by atoms with Gasteiger partial charge in [0.25, 0.3) is 20.0 Å². The summed E-state index contributed by atoms with van der Waals surface area (Å²) in [6, 6.07) is 24.9. The van der Waals surface area contributed by atoms with Crippen molar-refractivity contribution in [1.82, 2.24) is 9.44 Å². The SMILES string of the molecule is CCCOc1c2cc(C(C)(C)C)cc1Cc1cc(NC(=O)NS(=O)(=O)c3ccc(C)cc3)cc(c1O)Cc1cc(C(C)(C)C)cc(c1OCCC)Cc1cc(NC(=O)NS(=O)(=O)c3ccc(C)cc3)cc(c1O)C2. The molecule has 392 valence electrons. The first-order valence-corrected chi connectivity index (χ1v) is 27.8. The number of anilines is 2. The van der Waals surface area contributed by atoms with Gasteiger partial charge in [0, 0.05) is 59.3 Å². The van der Waals surface area contributed by atoms with Crippen LogP contribution in [0.2, 0.25) is 0 Å². The molecule has 0 unspecified atom stereocenters. The number of hydrogen-bond donors (Lipinski definition) is 6. The molecule has 0 saturated heterocycles. The zero-order valence-corrected chi connectivity index (χ0v) is 45.5. The molecule has 8 bridgehead atoms. The molecule has 6 aromatic rings. The predicted octanol–water partition coefficient (Wildman–Crippen LogP) is 11.6. The van der Waals surface area contributed by atoms with Gasteiger partial charge in [-0.25, -0.2) is 35.9 Å². The Morgan fingerprint density at radius 2 is 0.770 bits per heavy atom. The van der Waals surface area contributed by atoms with Gasteiger partial charge in [-0.15, -0.1) is 0 Å². The van der Waals surface area contributed by atoms with Gasteiger partial charge in [0.1, 0.15) is 23.0 Å². The molecular formula is C58H68N4O10S2. The van der Waals surface area contributed by atoms with Crippen LogP contribution in [0.15, 0.2) is 107 Å². The zero-order valence-electron chi connectivity index (χ0n) is 43.9. The standard InChI is InChI=1S/C58H68N4O10S2/c1-11-21-71-53-41-23-37-31-47(59-55(65)61-73(67,68)49-17-13-35(3)14-18-49)33-39(51(37)63)25-43-29-46(58(8,9)10)30-44(54(43)72-22-12-2)26-40-34-48(60-56(66)62-74(69,70)50-19-15-36(4)16-20-50)32-38(52(40)64)24-42(53)28-45(27-41)57(5,6)7/h13-20,27-34,63-64H,11-12,21-26H2,1-10H3,(H2,59,61,65)(H2,60,62,66). The Morgan fingerprint density at radius 3 is 1.03 bits per heavy atom. The summed E-state index contributed by atoms with van der Waals surface area (Å²) in [6.07, 6.45) is 1.68. The molecule has 0 saturated carbocycles. The van der Waals surface area contributed by atoms with Crippen molar-refractivity contribution in [2.24, 2.45) is 0 Å². The Kier molecular flexibility index (Phi) is 16.1. The Morgan fingerprint density at radius 1 is 0.486 bits per heavy atom. The third-order valence-electron chi connectivity index (χ3n) is 12.8. The molecule has 0 fully saturated rings. The number of aryl methyl sites for hydroxylation is 2. The molecule has 0 aromatic heterocycles. The average molecular weight is 1050 g/mol. The van der Waals surface area contributed by atoms with Gasteiger partial charge in [0.15, 0.2) is 0 Å². The van der Waals surface area contributed by atoms with Crippen LogP contribution in [0.3, 0.4) is 0 Å². The summed E-state index contributed by atoms with van der Waals surface area (Å²) in [5.41, 5.74) is 7.59. The minimum absolute atomic E-state index is 0.0371. The van der Waals surface area contributed by atoms with Crippen LogP contribution in [0.4, 0.5) is 21.0 Å². The number of hydrogen-bond acceptors (Lipinski definition) is 10. The topological polar surface area (TPSA) is 209 Å². The summed E-state index contributed by atoms with van der Waals surface area (Å²) in [4.78, 5) is 27.2. The minimum atomic E-state index is -4.26. The van der Waals surface area contributed by atoms with E-state index in [1.54, 1.807) is 48.5 Å². The van der Waals surface area contributed by atoms with Gasteiger partial charge in [0.2, 0.25) is 0 Å². The maximum atomic E-state index is 13.7. The lowest BCUT2D eigenvalue weighted by Crippen LogP contribution is -2.34. The number of nitrogens with one attached hydrogen (secondary N) is 4. The molecule has 74 heavy (non-hydrogen) atoms. The Balaban J connectivity index is 1.45. The van der Waals surface area contributed by atoms with E-state index in [1.807, 2.05) is 52.0 Å². The van der Waals surface area contributed by atoms with Crippen molar-refractivity contribution in [1.29, 1.82) is 0 Å². The van der Waals surface area contributed by atoms with Gasteiger partial charge in [-0.1, -0.05) is 115 Å². The summed E-state index contributed by atoms with van der Waals surface area (Å²) in [7, 11) is -8.53. The molecular weight excluding hydrogens is 977 g/mol. The Hall–Kier alpha value is -7.04. The van der Waals surface area contributed by atoms with E-state index in [1.165, 1.54) is 24.3 Å². The highest BCUT2D eigenvalue weighted by Crippen LogP contribution is 2.43. The molecule has 6 aromatic carbocycles. The van der Waals surface area contributed by atoms with Gasteiger partial charge in [-0.2, -0.15) is 0 Å². The number of phenols is 2. The van der Waals surface area contributed by atoms with E-state index in [9.17, 15) is 36.6 Å². The average Bonchev–Trinajstić information content (AvgIpc) is 3.30. The molecule has 0 spiro atoms. The number of fused-ring (bicyclic) bond motifs is 8. The van der Waals surface area contributed by atoms with Crippen molar-refractivity contribution in [3.05, 3.63) is 164 Å². The number of urea groups is 2. The van der Waals surface area contributed by atoms with Crippen molar-refractivity contribution in [3.8, 4) is 23.0 Å². The quantitative estimate of drug-likeness (QED) is 0.0638. The monoisotopic (exact) mass is 1040 g/mol. The molecule has 14 nitrogen and oxygen atoms in total. The first kappa shape index (κ1) is 54.7. The van der Waals surface area contributed by atoms with E-state index in [0.29, 0.717) is 82.1 Å². The fourth-order valence-corrected chi connectivity index (χ4v) is 10.6. The summed E-state index contributed by atoms with van der Waals surface area (Å²) in [5, 5.41) is 30.5. The number of aromatic hydroxyl groups is 2. The molecule has 0 radical (unpaired) electrons. The highest BCUT2D eigenvalue weighted by Gasteiger charge is 2.28. The van der Waals surface area contributed by atoms with Gasteiger partial charge in [0.05, 0.1) is 23.0 Å². The predicted molar refractivity (Wildman–Crippen MR) is 290 cm³/mol. The Labute approximate surface area is 436 Å². The molecule has 0 atom stereocenters. The summed E-state index contributed by atoms with van der Waals surface area (Å²) < 4.78 is 71.1. The normalized spacial score (nSPS) is 12.9. The first-order chi connectivity index (χ1) is 34.7. The molecule has 1 aliphatic rings. The van der Waals surface area contributed by atoms with E-state index in [4.69, 9.17) is 9.47 Å². The van der Waals surface area contributed by atoms with E-state index < -0.39 is 42.9 Å². The molecule has 1 aliphatic carbocycles. The number of amides is 4. The maximum absolute atomic E-state index is 13.7. The number of benzene rings is 6. The molecule has 7 rings (SSSR count). The zero-order chi connectivity index (χ0) is 53.9. The number of carbonyl (C=O) groups excluding carboxylic acids is 2. The third kappa shape index (κ3) is 13.0. The van der Waals surface area contributed by atoms with E-state index >= 15 is 0 Å². The van der Waals surface area contributed by atoms with Crippen LogP contribution in [0.1, 0.15) is 135 Å². The van der Waals surface area contributed by atoms with Gasteiger partial charge >= 0.3 is 12.1 Å². The lowest BCUT2D eigenvalue weighted by molar-refractivity contribution is 0.255. The van der Waals surface area contributed by atoms with Crippen LogP contribution in [-0.2, 0) is 56.6 Å². The second-order valence-electron chi connectivity index (χ2n) is 21.2. The van der Waals surface area contributed by atoms with Crippen LogP contribution < -0.4 is 29.6 Å². The summed E-state index contributed by atoms with van der Waals surface area (Å²) in [5.74, 6) is 0.934. The minimum Gasteiger partial charge on any atom is -0.507 e. The van der Waals surface area contributed by atoms with Crippen molar-refractivity contribution >= 4 is 43.5 Å². The Bertz CT molecular complexity index is 3000. The second-order valence-corrected chi connectivity index (χ2v) is 24.5.